The predicted octanol–water partition coefficient (Wildman–Crippen LogP) is 3.78. The lowest BCUT2D eigenvalue weighted by Gasteiger charge is -2.35. The highest BCUT2D eigenvalue weighted by Crippen LogP contribution is 2.22. The number of rotatable bonds is 4. The summed E-state index contributed by atoms with van der Waals surface area (Å²) in [5.41, 5.74) is 0.613. The molecule has 0 radical (unpaired) electrons. The van der Waals surface area contributed by atoms with Crippen molar-refractivity contribution in [2.45, 2.75) is 0 Å². The van der Waals surface area contributed by atoms with Crippen molar-refractivity contribution in [1.29, 1.82) is 0 Å². The molecular weight excluding hydrogens is 429 g/mol. The van der Waals surface area contributed by atoms with Gasteiger partial charge in [0.25, 0.3) is 11.8 Å². The van der Waals surface area contributed by atoms with Gasteiger partial charge in [-0.05, 0) is 30.3 Å². The van der Waals surface area contributed by atoms with Gasteiger partial charge in [-0.15, -0.1) is 11.3 Å². The molecule has 1 N–H and O–H groups in total. The fourth-order valence-corrected chi connectivity index (χ4v) is 3.94. The van der Waals surface area contributed by atoms with Crippen molar-refractivity contribution in [3.8, 4) is 0 Å². The standard InChI is InChI=1S/C21H17F3N4O2S/c22-14-6-5-13(11-16(14)24)19(29)26-21-25-17(12-31-21)20(30)28-9-7-27(8-10-28)18-4-2-1-3-15(18)23/h1-6,11-12H,7-10H2,(H,25,26,29). The number of nitrogens with zero attached hydrogens (tertiary/aromatic N) is 3. The quantitative estimate of drug-likeness (QED) is 0.663. The number of hydrogen-bond acceptors (Lipinski definition) is 5. The summed E-state index contributed by atoms with van der Waals surface area (Å²) in [7, 11) is 0. The van der Waals surface area contributed by atoms with Gasteiger partial charge in [-0.1, -0.05) is 12.1 Å². The van der Waals surface area contributed by atoms with Crippen LogP contribution in [0.25, 0.3) is 0 Å². The minimum atomic E-state index is -1.13. The van der Waals surface area contributed by atoms with Crippen molar-refractivity contribution in [1.82, 2.24) is 9.88 Å². The van der Waals surface area contributed by atoms with E-state index in [0.717, 1.165) is 29.5 Å². The molecule has 1 aliphatic heterocycles. The highest BCUT2D eigenvalue weighted by atomic mass is 32.1. The highest BCUT2D eigenvalue weighted by Gasteiger charge is 2.25. The third kappa shape index (κ3) is 4.53. The number of thiazole rings is 1. The number of anilines is 2. The van der Waals surface area contributed by atoms with Crippen molar-refractivity contribution in [2.75, 3.05) is 36.4 Å². The molecule has 0 aliphatic carbocycles. The summed E-state index contributed by atoms with van der Waals surface area (Å²) in [4.78, 5) is 32.6. The molecule has 31 heavy (non-hydrogen) atoms. The summed E-state index contributed by atoms with van der Waals surface area (Å²) in [6.45, 7) is 1.77. The molecule has 2 heterocycles. The Bertz CT molecular complexity index is 1130. The van der Waals surface area contributed by atoms with Crippen molar-refractivity contribution in [3.05, 3.63) is 76.6 Å². The summed E-state index contributed by atoms with van der Waals surface area (Å²) < 4.78 is 40.3. The van der Waals surface area contributed by atoms with E-state index < -0.39 is 17.5 Å². The molecule has 0 spiro atoms. The lowest BCUT2D eigenvalue weighted by Crippen LogP contribution is -2.49. The minimum Gasteiger partial charge on any atom is -0.366 e. The van der Waals surface area contributed by atoms with Gasteiger partial charge >= 0.3 is 0 Å². The maximum absolute atomic E-state index is 14.0. The van der Waals surface area contributed by atoms with Gasteiger partial charge in [0.1, 0.15) is 11.5 Å². The summed E-state index contributed by atoms with van der Waals surface area (Å²) in [5.74, 6) is -3.43. The van der Waals surface area contributed by atoms with Crippen LogP contribution in [-0.4, -0.2) is 47.9 Å². The fraction of sp³-hybridized carbons (Fsp3) is 0.190. The Morgan fingerprint density at radius 3 is 2.39 bits per heavy atom. The number of carbonyl (C=O) groups excluding carboxylic acids is 2. The van der Waals surface area contributed by atoms with Gasteiger partial charge in [0.05, 0.1) is 5.69 Å². The molecule has 4 rings (SSSR count). The van der Waals surface area contributed by atoms with Crippen LogP contribution in [0.2, 0.25) is 0 Å². The van der Waals surface area contributed by atoms with Crippen LogP contribution in [0.15, 0.2) is 47.8 Å². The van der Waals surface area contributed by atoms with Crippen molar-refractivity contribution >= 4 is 34.0 Å². The molecule has 1 aliphatic rings. The van der Waals surface area contributed by atoms with Crippen LogP contribution in [-0.2, 0) is 0 Å². The summed E-state index contributed by atoms with van der Waals surface area (Å²) >= 11 is 1.05. The number of piperazine rings is 1. The van der Waals surface area contributed by atoms with Crippen LogP contribution in [0.5, 0.6) is 0 Å². The van der Waals surface area contributed by atoms with Crippen molar-refractivity contribution in [2.24, 2.45) is 0 Å². The molecule has 2 amide bonds. The van der Waals surface area contributed by atoms with E-state index in [2.05, 4.69) is 10.3 Å². The Hall–Kier alpha value is -3.40. The van der Waals surface area contributed by atoms with E-state index in [1.165, 1.54) is 11.4 Å². The number of hydrogen-bond donors (Lipinski definition) is 1. The molecular formula is C21H17F3N4O2S. The Morgan fingerprint density at radius 1 is 0.935 bits per heavy atom. The summed E-state index contributed by atoms with van der Waals surface area (Å²) in [5, 5.41) is 4.17. The topological polar surface area (TPSA) is 65.5 Å². The number of nitrogens with one attached hydrogen (secondary N) is 1. The van der Waals surface area contributed by atoms with Gasteiger partial charge in [0.15, 0.2) is 16.8 Å². The third-order valence-corrected chi connectivity index (χ3v) is 5.64. The van der Waals surface area contributed by atoms with Gasteiger partial charge in [0, 0.05) is 37.1 Å². The lowest BCUT2D eigenvalue weighted by atomic mass is 10.2. The van der Waals surface area contributed by atoms with E-state index in [4.69, 9.17) is 0 Å². The second-order valence-corrected chi connectivity index (χ2v) is 7.71. The van der Waals surface area contributed by atoms with Crippen molar-refractivity contribution in [3.63, 3.8) is 0 Å². The second kappa shape index (κ2) is 8.76. The summed E-state index contributed by atoms with van der Waals surface area (Å²) in [6, 6.07) is 9.31. The van der Waals surface area contributed by atoms with Gasteiger partial charge in [-0.25, -0.2) is 18.2 Å². The van der Waals surface area contributed by atoms with E-state index in [1.54, 1.807) is 23.1 Å². The molecule has 0 atom stereocenters. The monoisotopic (exact) mass is 446 g/mol. The van der Waals surface area contributed by atoms with Gasteiger partial charge in [-0.3, -0.25) is 14.9 Å². The van der Waals surface area contributed by atoms with Crippen LogP contribution < -0.4 is 10.2 Å². The molecule has 1 saturated heterocycles. The Balaban J connectivity index is 1.37. The number of aromatic nitrogens is 1. The largest absolute Gasteiger partial charge is 0.366 e. The smallest absolute Gasteiger partial charge is 0.273 e. The van der Waals surface area contributed by atoms with Crippen LogP contribution in [0.4, 0.5) is 24.0 Å². The molecule has 0 bridgehead atoms. The van der Waals surface area contributed by atoms with E-state index in [1.807, 2.05) is 4.90 Å². The SMILES string of the molecule is O=C(Nc1nc(C(=O)N2CCN(c3ccccc3F)CC2)cs1)c1ccc(F)c(F)c1. The first-order chi connectivity index (χ1) is 14.9. The normalized spacial score (nSPS) is 13.9. The van der Waals surface area contributed by atoms with Crippen molar-refractivity contribution < 1.29 is 22.8 Å². The zero-order chi connectivity index (χ0) is 22.0. The summed E-state index contributed by atoms with van der Waals surface area (Å²) in [6.07, 6.45) is 0. The van der Waals surface area contributed by atoms with Crippen LogP contribution in [0.1, 0.15) is 20.8 Å². The Kier molecular flexibility index (Phi) is 5.90. The van der Waals surface area contributed by atoms with E-state index in [-0.39, 0.29) is 28.1 Å². The van der Waals surface area contributed by atoms with E-state index >= 15 is 0 Å². The Labute approximate surface area is 179 Å². The van der Waals surface area contributed by atoms with Crippen LogP contribution >= 0.6 is 11.3 Å². The third-order valence-electron chi connectivity index (χ3n) is 4.89. The molecule has 1 aromatic heterocycles. The highest BCUT2D eigenvalue weighted by molar-refractivity contribution is 7.14. The molecule has 0 unspecified atom stereocenters. The molecule has 160 valence electrons. The molecule has 2 aromatic carbocycles. The predicted molar refractivity (Wildman–Crippen MR) is 111 cm³/mol. The Morgan fingerprint density at radius 2 is 1.68 bits per heavy atom. The van der Waals surface area contributed by atoms with Gasteiger partial charge < -0.3 is 9.80 Å². The lowest BCUT2D eigenvalue weighted by molar-refractivity contribution is 0.0741. The minimum absolute atomic E-state index is 0.0637. The number of carbonyl (C=O) groups is 2. The number of halogens is 3. The molecule has 1 fully saturated rings. The second-order valence-electron chi connectivity index (χ2n) is 6.85. The molecule has 6 nitrogen and oxygen atoms in total. The average Bonchev–Trinajstić information content (AvgIpc) is 3.24. The zero-order valence-corrected chi connectivity index (χ0v) is 17.0. The fourth-order valence-electron chi connectivity index (χ4n) is 3.26. The average molecular weight is 446 g/mol. The van der Waals surface area contributed by atoms with Gasteiger partial charge in [-0.2, -0.15) is 0 Å². The van der Waals surface area contributed by atoms with Crippen LogP contribution in [0.3, 0.4) is 0 Å². The first-order valence-corrected chi connectivity index (χ1v) is 10.3. The number of para-hydroxylation sites is 1. The zero-order valence-electron chi connectivity index (χ0n) is 16.1. The van der Waals surface area contributed by atoms with E-state index in [9.17, 15) is 22.8 Å². The maximum Gasteiger partial charge on any atom is 0.273 e. The number of benzene rings is 2. The first kappa shape index (κ1) is 20.9. The maximum atomic E-state index is 14.0. The van der Waals surface area contributed by atoms with E-state index in [0.29, 0.717) is 31.9 Å². The molecule has 10 heteroatoms. The molecule has 0 saturated carbocycles. The number of amides is 2. The van der Waals surface area contributed by atoms with Crippen LogP contribution in [0, 0.1) is 17.5 Å². The molecule has 3 aromatic rings. The first-order valence-electron chi connectivity index (χ1n) is 9.43. The van der Waals surface area contributed by atoms with Gasteiger partial charge in [0.2, 0.25) is 0 Å².